The zero-order valence-corrected chi connectivity index (χ0v) is 15.8. The normalized spacial score (nSPS) is 13.4. The highest BCUT2D eigenvalue weighted by atomic mass is 35.5. The van der Waals surface area contributed by atoms with Gasteiger partial charge in [-0.1, -0.05) is 29.3 Å². The van der Waals surface area contributed by atoms with Gasteiger partial charge in [-0.2, -0.15) is 5.10 Å². The molecular weight excluding hydrogens is 389 g/mol. The van der Waals surface area contributed by atoms with Crippen LogP contribution in [0, 0.1) is 0 Å². The number of amides is 2. The van der Waals surface area contributed by atoms with E-state index in [0.717, 1.165) is 24.0 Å². The summed E-state index contributed by atoms with van der Waals surface area (Å²) in [6.07, 6.45) is 3.28. The Morgan fingerprint density at radius 2 is 1.85 bits per heavy atom. The van der Waals surface area contributed by atoms with E-state index in [1.165, 1.54) is 6.21 Å². The third-order valence-electron chi connectivity index (χ3n) is 3.79. The Hall–Kier alpha value is -2.57. The van der Waals surface area contributed by atoms with Crippen LogP contribution < -0.4 is 15.5 Å². The number of nitrogens with zero attached hydrogens (tertiary/aromatic N) is 1. The summed E-state index contributed by atoms with van der Waals surface area (Å²) in [4.78, 5) is 23.0. The second-order valence-corrected chi connectivity index (χ2v) is 6.88. The van der Waals surface area contributed by atoms with Gasteiger partial charge in [0.15, 0.2) is 0 Å². The molecule has 2 amide bonds. The molecule has 2 aromatic carbocycles. The molecule has 0 spiro atoms. The lowest BCUT2D eigenvalue weighted by atomic mass is 10.2. The zero-order valence-electron chi connectivity index (χ0n) is 14.2. The first-order chi connectivity index (χ1) is 13.0. The Morgan fingerprint density at radius 3 is 2.52 bits per heavy atom. The summed E-state index contributed by atoms with van der Waals surface area (Å²) in [7, 11) is 0. The topological polar surface area (TPSA) is 79.8 Å². The van der Waals surface area contributed by atoms with E-state index in [4.69, 9.17) is 27.9 Å². The molecule has 8 heteroatoms. The van der Waals surface area contributed by atoms with Crippen LogP contribution in [-0.2, 0) is 16.2 Å². The molecule has 6 nitrogen and oxygen atoms in total. The molecule has 140 valence electrons. The van der Waals surface area contributed by atoms with Crippen molar-refractivity contribution in [2.45, 2.75) is 25.5 Å². The fourth-order valence-corrected chi connectivity index (χ4v) is 2.61. The molecule has 0 heterocycles. The number of hydrogen-bond acceptors (Lipinski definition) is 4. The highest BCUT2D eigenvalue weighted by molar-refractivity contribution is 6.35. The molecule has 0 aliphatic heterocycles. The SMILES string of the molecule is O=C(N/N=C\c1ccc(OCc2ccc(Cl)cc2Cl)cc1)C(=O)NC1CC1. The van der Waals surface area contributed by atoms with E-state index >= 15 is 0 Å². The van der Waals surface area contributed by atoms with Gasteiger partial charge in [-0.25, -0.2) is 5.43 Å². The Morgan fingerprint density at radius 1 is 1.11 bits per heavy atom. The van der Waals surface area contributed by atoms with Crippen LogP contribution in [-0.4, -0.2) is 24.1 Å². The molecular formula is C19H17Cl2N3O3. The van der Waals surface area contributed by atoms with Gasteiger partial charge in [0.25, 0.3) is 0 Å². The average Bonchev–Trinajstić information content (AvgIpc) is 3.46. The van der Waals surface area contributed by atoms with E-state index < -0.39 is 11.8 Å². The lowest BCUT2D eigenvalue weighted by Gasteiger charge is -2.08. The van der Waals surface area contributed by atoms with E-state index in [0.29, 0.717) is 22.4 Å². The fourth-order valence-electron chi connectivity index (χ4n) is 2.14. The zero-order chi connectivity index (χ0) is 19.2. The maximum Gasteiger partial charge on any atom is 0.329 e. The van der Waals surface area contributed by atoms with Gasteiger partial charge in [-0.15, -0.1) is 0 Å². The molecule has 0 saturated heterocycles. The minimum absolute atomic E-state index is 0.127. The number of rotatable bonds is 6. The van der Waals surface area contributed by atoms with Crippen molar-refractivity contribution in [3.05, 3.63) is 63.6 Å². The van der Waals surface area contributed by atoms with E-state index in [9.17, 15) is 9.59 Å². The predicted molar refractivity (Wildman–Crippen MR) is 104 cm³/mol. The second-order valence-electron chi connectivity index (χ2n) is 6.04. The number of ether oxygens (including phenoxy) is 1. The van der Waals surface area contributed by atoms with Gasteiger partial charge in [0, 0.05) is 21.7 Å². The number of hydrogen-bond donors (Lipinski definition) is 2. The van der Waals surface area contributed by atoms with Gasteiger partial charge in [0.2, 0.25) is 0 Å². The standard InChI is InChI=1S/C19H17Cl2N3O3/c20-14-4-3-13(17(21)9-14)11-27-16-7-1-12(2-8-16)10-22-24-19(26)18(25)23-15-5-6-15/h1-4,7-10,15H,5-6,11H2,(H,23,25)(H,24,26)/b22-10-. The quantitative estimate of drug-likeness (QED) is 0.439. The highest BCUT2D eigenvalue weighted by Crippen LogP contribution is 2.22. The second kappa shape index (κ2) is 8.88. The highest BCUT2D eigenvalue weighted by Gasteiger charge is 2.26. The van der Waals surface area contributed by atoms with Crippen LogP contribution in [0.2, 0.25) is 10.0 Å². The molecule has 0 unspecified atom stereocenters. The molecule has 3 rings (SSSR count). The number of nitrogens with one attached hydrogen (secondary N) is 2. The Labute approximate surface area is 166 Å². The molecule has 0 atom stereocenters. The van der Waals surface area contributed by atoms with Crippen LogP contribution in [0.1, 0.15) is 24.0 Å². The van der Waals surface area contributed by atoms with Crippen molar-refractivity contribution in [3.8, 4) is 5.75 Å². The first-order valence-electron chi connectivity index (χ1n) is 8.32. The summed E-state index contributed by atoms with van der Waals surface area (Å²) in [5.74, 6) is -0.789. The van der Waals surface area contributed by atoms with Gasteiger partial charge in [-0.05, 0) is 54.8 Å². The Kier molecular flexibility index (Phi) is 6.32. The Bertz CT molecular complexity index is 865. The molecule has 0 bridgehead atoms. The van der Waals surface area contributed by atoms with Crippen LogP contribution in [0.5, 0.6) is 5.75 Å². The molecule has 1 fully saturated rings. The van der Waals surface area contributed by atoms with Gasteiger partial charge in [0.05, 0.1) is 6.21 Å². The van der Waals surface area contributed by atoms with Crippen molar-refractivity contribution >= 4 is 41.2 Å². The lowest BCUT2D eigenvalue weighted by Crippen LogP contribution is -2.38. The van der Waals surface area contributed by atoms with Crippen molar-refractivity contribution < 1.29 is 14.3 Å². The molecule has 0 radical (unpaired) electrons. The molecule has 27 heavy (non-hydrogen) atoms. The van der Waals surface area contributed by atoms with Gasteiger partial charge >= 0.3 is 11.8 Å². The summed E-state index contributed by atoms with van der Waals surface area (Å²) < 4.78 is 5.69. The molecule has 0 aromatic heterocycles. The minimum Gasteiger partial charge on any atom is -0.489 e. The van der Waals surface area contributed by atoms with Crippen LogP contribution in [0.3, 0.4) is 0 Å². The third kappa shape index (κ3) is 5.98. The van der Waals surface area contributed by atoms with Gasteiger partial charge in [-0.3, -0.25) is 9.59 Å². The van der Waals surface area contributed by atoms with Crippen molar-refractivity contribution in [2.24, 2.45) is 5.10 Å². The van der Waals surface area contributed by atoms with Crippen LogP contribution >= 0.6 is 23.2 Å². The van der Waals surface area contributed by atoms with Crippen molar-refractivity contribution in [2.75, 3.05) is 0 Å². The Balaban J connectivity index is 1.47. The summed E-state index contributed by atoms with van der Waals surface area (Å²) >= 11 is 12.0. The van der Waals surface area contributed by atoms with Crippen molar-refractivity contribution in [1.82, 2.24) is 10.7 Å². The minimum atomic E-state index is -0.780. The number of carbonyl (C=O) groups excluding carboxylic acids is 2. The largest absolute Gasteiger partial charge is 0.489 e. The first kappa shape index (κ1) is 19.2. The van der Waals surface area contributed by atoms with Gasteiger partial charge in [0.1, 0.15) is 12.4 Å². The molecule has 1 aliphatic carbocycles. The predicted octanol–water partition coefficient (Wildman–Crippen LogP) is 3.30. The summed E-state index contributed by atoms with van der Waals surface area (Å²) in [6.45, 7) is 0.315. The fraction of sp³-hybridized carbons (Fsp3) is 0.211. The van der Waals surface area contributed by atoms with E-state index in [1.54, 1.807) is 36.4 Å². The molecule has 1 saturated carbocycles. The summed E-state index contributed by atoms with van der Waals surface area (Å²) in [5, 5.41) is 7.49. The van der Waals surface area contributed by atoms with Crippen LogP contribution in [0.25, 0.3) is 0 Å². The number of benzene rings is 2. The maximum atomic E-state index is 11.5. The molecule has 1 aliphatic rings. The monoisotopic (exact) mass is 405 g/mol. The van der Waals surface area contributed by atoms with Gasteiger partial charge < -0.3 is 10.1 Å². The summed E-state index contributed by atoms with van der Waals surface area (Å²) in [5.41, 5.74) is 3.78. The van der Waals surface area contributed by atoms with Crippen LogP contribution in [0.15, 0.2) is 47.6 Å². The van der Waals surface area contributed by atoms with E-state index in [2.05, 4.69) is 15.8 Å². The van der Waals surface area contributed by atoms with E-state index in [-0.39, 0.29) is 6.04 Å². The van der Waals surface area contributed by atoms with Crippen LogP contribution in [0.4, 0.5) is 0 Å². The smallest absolute Gasteiger partial charge is 0.329 e. The van der Waals surface area contributed by atoms with Crippen molar-refractivity contribution in [1.29, 1.82) is 0 Å². The number of hydrazone groups is 1. The van der Waals surface area contributed by atoms with Crippen molar-refractivity contribution in [3.63, 3.8) is 0 Å². The summed E-state index contributed by atoms with van der Waals surface area (Å²) in [6, 6.07) is 12.5. The first-order valence-corrected chi connectivity index (χ1v) is 9.07. The number of halogens is 2. The lowest BCUT2D eigenvalue weighted by molar-refractivity contribution is -0.139. The molecule has 2 N–H and O–H groups in total. The van der Waals surface area contributed by atoms with E-state index in [1.807, 2.05) is 6.07 Å². The third-order valence-corrected chi connectivity index (χ3v) is 4.38. The average molecular weight is 406 g/mol. The number of carbonyl (C=O) groups is 2. The molecule has 2 aromatic rings. The maximum absolute atomic E-state index is 11.5.